The molecule has 1 saturated heterocycles. The summed E-state index contributed by atoms with van der Waals surface area (Å²) in [6.45, 7) is 2.40. The molecule has 1 aromatic rings. The number of likely N-dealkylation sites (tertiary alicyclic amines) is 1. The molecule has 1 aliphatic carbocycles. The monoisotopic (exact) mass is 314 g/mol. The quantitative estimate of drug-likeness (QED) is 0.800. The second kappa shape index (κ2) is 5.66. The molecule has 0 aromatic carbocycles. The lowest BCUT2D eigenvalue weighted by molar-refractivity contribution is 0.160. The molecule has 7 nitrogen and oxygen atoms in total. The standard InChI is InChI=1S/C13H22N4O3S/c1-16(21(2,18)19)11-5-7-17(8-6-11)9-12-14-13(20-15-12)10-3-4-10/h10-11H,3-9H2,1-2H3. The number of rotatable bonds is 5. The Morgan fingerprint density at radius 1 is 1.29 bits per heavy atom. The molecule has 0 N–H and O–H groups in total. The number of sulfonamides is 1. The molecule has 2 fully saturated rings. The number of aromatic nitrogens is 2. The van der Waals surface area contributed by atoms with Gasteiger partial charge in [-0.3, -0.25) is 4.90 Å². The molecular weight excluding hydrogens is 292 g/mol. The second-order valence-electron chi connectivity index (χ2n) is 6.11. The SMILES string of the molecule is CN(C1CCN(Cc2noc(C3CC3)n2)CC1)S(C)(=O)=O. The number of hydrogen-bond donors (Lipinski definition) is 0. The lowest BCUT2D eigenvalue weighted by Gasteiger charge is -2.35. The Balaban J connectivity index is 1.51. The van der Waals surface area contributed by atoms with Gasteiger partial charge >= 0.3 is 0 Å². The molecule has 0 atom stereocenters. The van der Waals surface area contributed by atoms with Crippen LogP contribution in [0, 0.1) is 0 Å². The first-order chi connectivity index (χ1) is 9.93. The van der Waals surface area contributed by atoms with Crippen molar-refractivity contribution in [3.63, 3.8) is 0 Å². The van der Waals surface area contributed by atoms with E-state index in [4.69, 9.17) is 4.52 Å². The van der Waals surface area contributed by atoms with E-state index >= 15 is 0 Å². The van der Waals surface area contributed by atoms with E-state index in [1.807, 2.05) is 0 Å². The zero-order valence-corrected chi connectivity index (χ0v) is 13.3. The Morgan fingerprint density at radius 3 is 2.52 bits per heavy atom. The molecule has 1 saturated carbocycles. The highest BCUT2D eigenvalue weighted by molar-refractivity contribution is 7.88. The predicted octanol–water partition coefficient (Wildman–Crippen LogP) is 0.803. The average Bonchev–Trinajstić information content (AvgIpc) is 3.19. The summed E-state index contributed by atoms with van der Waals surface area (Å²) in [5.41, 5.74) is 0. The van der Waals surface area contributed by atoms with Crippen LogP contribution in [0.3, 0.4) is 0 Å². The van der Waals surface area contributed by atoms with E-state index in [9.17, 15) is 8.42 Å². The van der Waals surface area contributed by atoms with Gasteiger partial charge in [-0.25, -0.2) is 12.7 Å². The Hall–Kier alpha value is -0.990. The number of piperidine rings is 1. The van der Waals surface area contributed by atoms with Crippen molar-refractivity contribution in [2.75, 3.05) is 26.4 Å². The first-order valence-electron chi connectivity index (χ1n) is 7.41. The zero-order chi connectivity index (χ0) is 15.0. The van der Waals surface area contributed by atoms with Gasteiger partial charge < -0.3 is 4.52 Å². The minimum atomic E-state index is -3.10. The maximum atomic E-state index is 11.6. The van der Waals surface area contributed by atoms with Crippen molar-refractivity contribution in [1.82, 2.24) is 19.3 Å². The summed E-state index contributed by atoms with van der Waals surface area (Å²) in [6, 6.07) is 0.101. The lowest BCUT2D eigenvalue weighted by atomic mass is 10.1. The summed E-state index contributed by atoms with van der Waals surface area (Å²) in [7, 11) is -1.44. The second-order valence-corrected chi connectivity index (χ2v) is 8.15. The van der Waals surface area contributed by atoms with Crippen LogP contribution in [0.2, 0.25) is 0 Å². The minimum Gasteiger partial charge on any atom is -0.339 e. The molecule has 0 bridgehead atoms. The molecule has 0 amide bonds. The Kier molecular flexibility index (Phi) is 4.02. The number of hydrogen-bond acceptors (Lipinski definition) is 6. The van der Waals surface area contributed by atoms with Crippen molar-refractivity contribution in [3.05, 3.63) is 11.7 Å². The van der Waals surface area contributed by atoms with Gasteiger partial charge in [-0.15, -0.1) is 0 Å². The highest BCUT2D eigenvalue weighted by atomic mass is 32.2. The van der Waals surface area contributed by atoms with E-state index in [1.54, 1.807) is 7.05 Å². The molecule has 118 valence electrons. The van der Waals surface area contributed by atoms with Gasteiger partial charge in [0.2, 0.25) is 15.9 Å². The van der Waals surface area contributed by atoms with Crippen LogP contribution < -0.4 is 0 Å². The van der Waals surface area contributed by atoms with Crippen LogP contribution in [0.4, 0.5) is 0 Å². The fourth-order valence-electron chi connectivity index (χ4n) is 2.74. The third-order valence-electron chi connectivity index (χ3n) is 4.37. The first kappa shape index (κ1) is 14.9. The van der Waals surface area contributed by atoms with E-state index in [1.165, 1.54) is 10.6 Å². The highest BCUT2D eigenvalue weighted by Gasteiger charge is 2.31. The molecule has 3 rings (SSSR count). The molecule has 0 unspecified atom stereocenters. The molecule has 1 aliphatic heterocycles. The van der Waals surface area contributed by atoms with Crippen LogP contribution in [-0.2, 0) is 16.6 Å². The van der Waals surface area contributed by atoms with Crippen LogP contribution in [0.15, 0.2) is 4.52 Å². The highest BCUT2D eigenvalue weighted by Crippen LogP contribution is 2.38. The minimum absolute atomic E-state index is 0.101. The van der Waals surface area contributed by atoms with Gasteiger partial charge in [0, 0.05) is 32.1 Å². The van der Waals surface area contributed by atoms with Gasteiger partial charge in [-0.05, 0) is 25.7 Å². The zero-order valence-electron chi connectivity index (χ0n) is 12.5. The molecule has 8 heteroatoms. The van der Waals surface area contributed by atoms with Crippen LogP contribution in [-0.4, -0.2) is 60.2 Å². The molecule has 21 heavy (non-hydrogen) atoms. The van der Waals surface area contributed by atoms with Gasteiger partial charge in [0.25, 0.3) is 0 Å². The molecular formula is C13H22N4O3S. The third kappa shape index (κ3) is 3.61. The maximum absolute atomic E-state index is 11.6. The van der Waals surface area contributed by atoms with Crippen LogP contribution in [0.5, 0.6) is 0 Å². The van der Waals surface area contributed by atoms with E-state index < -0.39 is 10.0 Å². The van der Waals surface area contributed by atoms with Gasteiger partial charge in [-0.2, -0.15) is 4.98 Å². The van der Waals surface area contributed by atoms with Crippen molar-refractivity contribution >= 4 is 10.0 Å². The van der Waals surface area contributed by atoms with E-state index in [0.717, 1.165) is 50.5 Å². The molecule has 1 aromatic heterocycles. The Morgan fingerprint density at radius 2 is 1.95 bits per heavy atom. The van der Waals surface area contributed by atoms with Crippen molar-refractivity contribution in [2.45, 2.75) is 44.2 Å². The van der Waals surface area contributed by atoms with Gasteiger partial charge in [0.1, 0.15) is 0 Å². The lowest BCUT2D eigenvalue weighted by Crippen LogP contribution is -2.45. The molecule has 0 radical (unpaired) electrons. The Bertz CT molecular complexity index is 588. The summed E-state index contributed by atoms with van der Waals surface area (Å²) in [5, 5.41) is 4.03. The Labute approximate surface area is 125 Å². The van der Waals surface area contributed by atoms with E-state index in [2.05, 4.69) is 15.0 Å². The molecule has 2 heterocycles. The largest absolute Gasteiger partial charge is 0.339 e. The summed E-state index contributed by atoms with van der Waals surface area (Å²) >= 11 is 0. The maximum Gasteiger partial charge on any atom is 0.229 e. The molecule has 0 spiro atoms. The fraction of sp³-hybridized carbons (Fsp3) is 0.846. The van der Waals surface area contributed by atoms with Crippen molar-refractivity contribution in [3.8, 4) is 0 Å². The first-order valence-corrected chi connectivity index (χ1v) is 9.26. The third-order valence-corrected chi connectivity index (χ3v) is 5.71. The smallest absolute Gasteiger partial charge is 0.229 e. The van der Waals surface area contributed by atoms with Gasteiger partial charge in [0.05, 0.1) is 12.8 Å². The topological polar surface area (TPSA) is 79.5 Å². The van der Waals surface area contributed by atoms with Gasteiger partial charge in [0.15, 0.2) is 5.82 Å². The van der Waals surface area contributed by atoms with Crippen molar-refractivity contribution < 1.29 is 12.9 Å². The number of nitrogens with zero attached hydrogens (tertiary/aromatic N) is 4. The van der Waals surface area contributed by atoms with Crippen molar-refractivity contribution in [2.24, 2.45) is 0 Å². The summed E-state index contributed by atoms with van der Waals surface area (Å²) in [4.78, 5) is 6.69. The summed E-state index contributed by atoms with van der Waals surface area (Å²) < 4.78 is 29.9. The molecule has 2 aliphatic rings. The predicted molar refractivity (Wildman–Crippen MR) is 77.2 cm³/mol. The van der Waals surface area contributed by atoms with Crippen molar-refractivity contribution in [1.29, 1.82) is 0 Å². The average molecular weight is 314 g/mol. The van der Waals surface area contributed by atoms with Crippen LogP contribution in [0.25, 0.3) is 0 Å². The summed E-state index contributed by atoms with van der Waals surface area (Å²) in [5.74, 6) is 2.00. The van der Waals surface area contributed by atoms with Gasteiger partial charge in [-0.1, -0.05) is 5.16 Å². The van der Waals surface area contributed by atoms with Crippen LogP contribution in [0.1, 0.15) is 43.3 Å². The summed E-state index contributed by atoms with van der Waals surface area (Å²) in [6.07, 6.45) is 5.27. The fourth-order valence-corrected chi connectivity index (χ4v) is 3.49. The van der Waals surface area contributed by atoms with E-state index in [0.29, 0.717) is 12.5 Å². The van der Waals surface area contributed by atoms with Crippen LogP contribution >= 0.6 is 0 Å². The normalized spacial score (nSPS) is 22.0. The van der Waals surface area contributed by atoms with E-state index in [-0.39, 0.29) is 6.04 Å².